The number of nitrogens with zero attached hydrogens (tertiary/aromatic N) is 1. The maximum atomic E-state index is 12.5. The lowest BCUT2D eigenvalue weighted by molar-refractivity contribution is -0.139. The van der Waals surface area contributed by atoms with Crippen molar-refractivity contribution in [2.45, 2.75) is 186 Å². The molecule has 6 heteroatoms. The van der Waals surface area contributed by atoms with E-state index in [0.29, 0.717) is 12.5 Å². The molecule has 0 saturated heterocycles. The number of carboxylic acids is 1. The Morgan fingerprint density at radius 1 is 0.800 bits per heavy atom. The molecule has 0 aliphatic heterocycles. The fourth-order valence-corrected chi connectivity index (χ4v) is 8.79. The van der Waals surface area contributed by atoms with Crippen molar-refractivity contribution in [2.75, 3.05) is 19.6 Å². The first kappa shape index (κ1) is 42.2. The summed E-state index contributed by atoms with van der Waals surface area (Å²) < 4.78 is 0. The zero-order valence-corrected chi connectivity index (χ0v) is 32.9. The van der Waals surface area contributed by atoms with Crippen LogP contribution in [0.15, 0.2) is 35.7 Å². The first-order valence-corrected chi connectivity index (χ1v) is 21.8. The monoisotopic (exact) mass is 709 g/mol. The molecule has 1 aromatic carbocycles. The van der Waals surface area contributed by atoms with E-state index in [-0.39, 0.29) is 11.8 Å². The van der Waals surface area contributed by atoms with E-state index in [2.05, 4.69) is 52.9 Å². The molecule has 3 rings (SSSR count). The molecule has 5 nitrogen and oxygen atoms in total. The standard InChI is InChI=1S/C44H72N2O3S/c1-3-33-46(34-32-39-26-24-35-50-39)38-30-31-40-37(36-38)25-23-28-41(40)42(44(48)49)27-21-19-17-15-13-11-9-7-5-6-8-10-12-14-16-18-20-22-29-43(47)45-4-2/h23-26,28,35,38,42H,3-22,27,29-34,36H2,1-2H3,(H,45,47)(H,48,49). The van der Waals surface area contributed by atoms with Crippen LogP contribution in [0.25, 0.3) is 0 Å². The van der Waals surface area contributed by atoms with Crippen molar-refractivity contribution in [3.63, 3.8) is 0 Å². The Morgan fingerprint density at radius 2 is 1.40 bits per heavy atom. The fraction of sp³-hybridized carbons (Fsp3) is 0.727. The Morgan fingerprint density at radius 3 is 1.94 bits per heavy atom. The van der Waals surface area contributed by atoms with Gasteiger partial charge < -0.3 is 10.4 Å². The largest absolute Gasteiger partial charge is 0.481 e. The SMILES string of the molecule is CCCN(CCc1cccs1)C1CCc2c(cccc2C(CCCCCCCCCCCCCCCCCCCCC(=O)NCC)C(=O)O)C1. The van der Waals surface area contributed by atoms with E-state index in [1.165, 1.54) is 119 Å². The zero-order valence-electron chi connectivity index (χ0n) is 32.0. The molecule has 1 amide bonds. The second kappa shape index (κ2) is 26.6. The number of unbranched alkanes of at least 4 members (excludes halogenated alkanes) is 17. The number of aliphatic carboxylic acids is 1. The number of benzene rings is 1. The van der Waals surface area contributed by atoms with E-state index in [4.69, 9.17) is 0 Å². The van der Waals surface area contributed by atoms with Crippen molar-refractivity contribution in [2.24, 2.45) is 0 Å². The Hall–Kier alpha value is -2.18. The summed E-state index contributed by atoms with van der Waals surface area (Å²) in [5, 5.41) is 15.3. The van der Waals surface area contributed by atoms with Crippen molar-refractivity contribution < 1.29 is 14.7 Å². The summed E-state index contributed by atoms with van der Waals surface area (Å²) in [6.07, 6.45) is 30.0. The summed E-state index contributed by atoms with van der Waals surface area (Å²) in [7, 11) is 0. The van der Waals surface area contributed by atoms with Crippen LogP contribution in [0.4, 0.5) is 0 Å². The van der Waals surface area contributed by atoms with Crippen molar-refractivity contribution in [3.05, 3.63) is 57.3 Å². The van der Waals surface area contributed by atoms with E-state index >= 15 is 0 Å². The van der Waals surface area contributed by atoms with Crippen LogP contribution >= 0.6 is 11.3 Å². The third kappa shape index (κ3) is 16.9. The number of hydrogen-bond acceptors (Lipinski definition) is 4. The minimum Gasteiger partial charge on any atom is -0.481 e. The minimum absolute atomic E-state index is 0.205. The molecule has 282 valence electrons. The highest BCUT2D eigenvalue weighted by molar-refractivity contribution is 7.09. The number of carbonyl (C=O) groups excluding carboxylic acids is 1. The Kier molecular flexibility index (Phi) is 22.4. The van der Waals surface area contributed by atoms with Crippen molar-refractivity contribution in [1.29, 1.82) is 0 Å². The summed E-state index contributed by atoms with van der Waals surface area (Å²) in [6.45, 7) is 7.24. The van der Waals surface area contributed by atoms with E-state index in [9.17, 15) is 14.7 Å². The predicted molar refractivity (Wildman–Crippen MR) is 214 cm³/mol. The molecular formula is C44H72N2O3S. The van der Waals surface area contributed by atoms with Gasteiger partial charge in [-0.25, -0.2) is 0 Å². The smallest absolute Gasteiger partial charge is 0.310 e. The number of carbonyl (C=O) groups is 2. The van der Waals surface area contributed by atoms with Crippen LogP contribution in [0, 0.1) is 0 Å². The van der Waals surface area contributed by atoms with Gasteiger partial charge in [-0.05, 0) is 86.6 Å². The van der Waals surface area contributed by atoms with Gasteiger partial charge in [0, 0.05) is 30.4 Å². The van der Waals surface area contributed by atoms with Crippen LogP contribution in [0.2, 0.25) is 0 Å². The van der Waals surface area contributed by atoms with Gasteiger partial charge in [0.2, 0.25) is 5.91 Å². The van der Waals surface area contributed by atoms with Crippen LogP contribution in [0.5, 0.6) is 0 Å². The lowest BCUT2D eigenvalue weighted by atomic mass is 9.80. The first-order valence-electron chi connectivity index (χ1n) is 20.9. The van der Waals surface area contributed by atoms with Crippen LogP contribution in [-0.2, 0) is 28.9 Å². The molecule has 2 unspecified atom stereocenters. The molecule has 1 aliphatic rings. The molecule has 2 N–H and O–H groups in total. The number of fused-ring (bicyclic) bond motifs is 1. The highest BCUT2D eigenvalue weighted by Gasteiger charge is 2.29. The van der Waals surface area contributed by atoms with Crippen molar-refractivity contribution >= 4 is 23.2 Å². The lowest BCUT2D eigenvalue weighted by Gasteiger charge is -2.36. The molecule has 1 aromatic heterocycles. The van der Waals surface area contributed by atoms with E-state index in [1.807, 2.05) is 18.3 Å². The summed E-state index contributed by atoms with van der Waals surface area (Å²) >= 11 is 1.86. The van der Waals surface area contributed by atoms with Gasteiger partial charge in [-0.15, -0.1) is 11.3 Å². The molecular weight excluding hydrogens is 637 g/mol. The maximum Gasteiger partial charge on any atom is 0.310 e. The predicted octanol–water partition coefficient (Wildman–Crippen LogP) is 11.7. The summed E-state index contributed by atoms with van der Waals surface area (Å²) in [4.78, 5) is 28.1. The number of thiophene rings is 1. The van der Waals surface area contributed by atoms with E-state index in [0.717, 1.165) is 76.6 Å². The van der Waals surface area contributed by atoms with Crippen LogP contribution < -0.4 is 5.32 Å². The number of hydrogen-bond donors (Lipinski definition) is 2. The molecule has 2 aromatic rings. The van der Waals surface area contributed by atoms with Crippen molar-refractivity contribution in [1.82, 2.24) is 10.2 Å². The molecule has 1 heterocycles. The highest BCUT2D eigenvalue weighted by Crippen LogP contribution is 2.34. The number of amides is 1. The van der Waals surface area contributed by atoms with Gasteiger partial charge in [-0.3, -0.25) is 14.5 Å². The Balaban J connectivity index is 1.21. The van der Waals surface area contributed by atoms with Crippen LogP contribution in [0.1, 0.15) is 183 Å². The van der Waals surface area contributed by atoms with Gasteiger partial charge in [0.15, 0.2) is 0 Å². The number of carboxylic acid groups (broad SMARTS) is 1. The van der Waals surface area contributed by atoms with Crippen molar-refractivity contribution in [3.8, 4) is 0 Å². The summed E-state index contributed by atoms with van der Waals surface area (Å²) in [5.41, 5.74) is 3.81. The Labute approximate surface area is 310 Å². The molecule has 0 radical (unpaired) electrons. The molecule has 0 saturated carbocycles. The highest BCUT2D eigenvalue weighted by atomic mass is 32.1. The molecule has 1 aliphatic carbocycles. The summed E-state index contributed by atoms with van der Waals surface area (Å²) in [5.74, 6) is -0.815. The quantitative estimate of drug-likeness (QED) is 0.0793. The van der Waals surface area contributed by atoms with Crippen LogP contribution in [0.3, 0.4) is 0 Å². The average molecular weight is 709 g/mol. The number of nitrogens with one attached hydrogen (secondary N) is 1. The lowest BCUT2D eigenvalue weighted by Crippen LogP contribution is -2.41. The third-order valence-corrected chi connectivity index (χ3v) is 11.9. The first-order chi connectivity index (χ1) is 24.5. The summed E-state index contributed by atoms with van der Waals surface area (Å²) in [6, 6.07) is 11.4. The fourth-order valence-electron chi connectivity index (χ4n) is 8.09. The van der Waals surface area contributed by atoms with E-state index < -0.39 is 5.97 Å². The topological polar surface area (TPSA) is 69.6 Å². The third-order valence-electron chi connectivity index (χ3n) is 10.9. The molecule has 0 fully saturated rings. The van der Waals surface area contributed by atoms with Gasteiger partial charge >= 0.3 is 5.97 Å². The Bertz CT molecular complexity index is 1170. The second-order valence-electron chi connectivity index (χ2n) is 15.0. The average Bonchev–Trinajstić information content (AvgIpc) is 3.64. The van der Waals surface area contributed by atoms with Gasteiger partial charge in [-0.2, -0.15) is 0 Å². The minimum atomic E-state index is -0.648. The molecule has 50 heavy (non-hydrogen) atoms. The maximum absolute atomic E-state index is 12.5. The number of rotatable bonds is 30. The van der Waals surface area contributed by atoms with Crippen LogP contribution in [-0.4, -0.2) is 47.6 Å². The molecule has 0 bridgehead atoms. The molecule has 2 atom stereocenters. The normalized spacial score (nSPS) is 14.9. The van der Waals surface area contributed by atoms with Gasteiger partial charge in [-0.1, -0.05) is 140 Å². The zero-order chi connectivity index (χ0) is 35.7. The van der Waals surface area contributed by atoms with Gasteiger partial charge in [0.05, 0.1) is 5.92 Å². The van der Waals surface area contributed by atoms with Gasteiger partial charge in [0.1, 0.15) is 0 Å². The van der Waals surface area contributed by atoms with Gasteiger partial charge in [0.25, 0.3) is 0 Å². The molecule has 0 spiro atoms. The van der Waals surface area contributed by atoms with E-state index in [1.54, 1.807) is 0 Å². The second-order valence-corrected chi connectivity index (χ2v) is 16.0.